The Balaban J connectivity index is 2.15. The topological polar surface area (TPSA) is 29.9 Å². The zero-order valence-electron chi connectivity index (χ0n) is 10.9. The first-order valence-corrected chi connectivity index (χ1v) is 6.26. The Morgan fingerprint density at radius 2 is 2.05 bits per heavy atom. The number of rotatable bonds is 3. The summed E-state index contributed by atoms with van der Waals surface area (Å²) in [7, 11) is 1.74. The summed E-state index contributed by atoms with van der Waals surface area (Å²) in [5.74, 6) is 0. The number of aryl methyl sites for hydroxylation is 2. The van der Waals surface area contributed by atoms with Gasteiger partial charge >= 0.3 is 6.18 Å². The number of benzene rings is 1. The minimum Gasteiger partial charge on any atom is -0.379 e. The smallest absolute Gasteiger partial charge is 0.379 e. The van der Waals surface area contributed by atoms with Gasteiger partial charge in [-0.1, -0.05) is 17.7 Å². The standard InChI is InChI=1S/C13H13ClF3N3/c1-8-12(14)11(20(2)19-8)7-18-10-5-3-4-9(6-10)13(15,16)17/h3-6,18H,7H2,1-2H3. The van der Waals surface area contributed by atoms with Crippen molar-refractivity contribution in [2.75, 3.05) is 5.32 Å². The molecule has 1 aromatic carbocycles. The van der Waals surface area contributed by atoms with E-state index < -0.39 is 11.7 Å². The van der Waals surface area contributed by atoms with Crippen LogP contribution in [0.2, 0.25) is 5.02 Å². The van der Waals surface area contributed by atoms with E-state index in [0.717, 1.165) is 17.8 Å². The minimum absolute atomic E-state index is 0.303. The first-order valence-electron chi connectivity index (χ1n) is 5.88. The van der Waals surface area contributed by atoms with Crippen LogP contribution in [0.3, 0.4) is 0 Å². The summed E-state index contributed by atoms with van der Waals surface area (Å²) in [6.45, 7) is 2.08. The molecule has 0 bridgehead atoms. The number of aromatic nitrogens is 2. The second-order valence-electron chi connectivity index (χ2n) is 4.40. The Morgan fingerprint density at radius 3 is 2.60 bits per heavy atom. The highest BCUT2D eigenvalue weighted by atomic mass is 35.5. The van der Waals surface area contributed by atoms with Crippen molar-refractivity contribution in [3.05, 3.63) is 46.2 Å². The summed E-state index contributed by atoms with van der Waals surface area (Å²) in [6.07, 6.45) is -4.35. The van der Waals surface area contributed by atoms with E-state index in [-0.39, 0.29) is 0 Å². The van der Waals surface area contributed by atoms with Crippen molar-refractivity contribution in [3.63, 3.8) is 0 Å². The molecular formula is C13H13ClF3N3. The minimum atomic E-state index is -4.35. The number of alkyl halides is 3. The molecule has 0 fully saturated rings. The molecule has 0 saturated carbocycles. The normalized spacial score (nSPS) is 11.7. The van der Waals surface area contributed by atoms with Gasteiger partial charge in [-0.2, -0.15) is 18.3 Å². The van der Waals surface area contributed by atoms with Crippen molar-refractivity contribution < 1.29 is 13.2 Å². The quantitative estimate of drug-likeness (QED) is 0.928. The second kappa shape index (κ2) is 5.36. The van der Waals surface area contributed by atoms with Gasteiger partial charge < -0.3 is 5.32 Å². The number of nitrogens with zero attached hydrogens (tertiary/aromatic N) is 2. The van der Waals surface area contributed by atoms with Crippen LogP contribution in [0.25, 0.3) is 0 Å². The van der Waals surface area contributed by atoms with Gasteiger partial charge in [0.25, 0.3) is 0 Å². The van der Waals surface area contributed by atoms with E-state index >= 15 is 0 Å². The van der Waals surface area contributed by atoms with Crippen LogP contribution >= 0.6 is 11.6 Å². The fourth-order valence-corrected chi connectivity index (χ4v) is 2.09. The van der Waals surface area contributed by atoms with Crippen molar-refractivity contribution >= 4 is 17.3 Å². The number of nitrogens with one attached hydrogen (secondary N) is 1. The van der Waals surface area contributed by atoms with Gasteiger partial charge in [0.15, 0.2) is 0 Å². The summed E-state index contributed by atoms with van der Waals surface area (Å²) in [6, 6.07) is 5.04. The van der Waals surface area contributed by atoms with E-state index in [1.165, 1.54) is 6.07 Å². The van der Waals surface area contributed by atoms with E-state index in [4.69, 9.17) is 11.6 Å². The van der Waals surface area contributed by atoms with Crippen LogP contribution in [-0.4, -0.2) is 9.78 Å². The Bertz CT molecular complexity index is 620. The molecule has 0 amide bonds. The summed E-state index contributed by atoms with van der Waals surface area (Å²) >= 11 is 6.08. The van der Waals surface area contributed by atoms with Gasteiger partial charge in [0.1, 0.15) is 0 Å². The van der Waals surface area contributed by atoms with Gasteiger partial charge in [-0.15, -0.1) is 0 Å². The SMILES string of the molecule is Cc1nn(C)c(CNc2cccc(C(F)(F)F)c2)c1Cl. The molecule has 0 aliphatic rings. The molecule has 1 N–H and O–H groups in total. The van der Waals surface area contributed by atoms with E-state index in [1.807, 2.05) is 0 Å². The highest BCUT2D eigenvalue weighted by Crippen LogP contribution is 2.31. The second-order valence-corrected chi connectivity index (χ2v) is 4.78. The van der Waals surface area contributed by atoms with Crippen LogP contribution in [0.1, 0.15) is 17.0 Å². The summed E-state index contributed by atoms with van der Waals surface area (Å²) < 4.78 is 39.4. The zero-order valence-corrected chi connectivity index (χ0v) is 11.7. The van der Waals surface area contributed by atoms with Gasteiger partial charge in [-0.3, -0.25) is 4.68 Å². The molecule has 0 radical (unpaired) electrons. The van der Waals surface area contributed by atoms with Crippen molar-refractivity contribution in [1.29, 1.82) is 0 Å². The third kappa shape index (κ3) is 3.07. The fourth-order valence-electron chi connectivity index (χ4n) is 1.86. The van der Waals surface area contributed by atoms with E-state index in [9.17, 15) is 13.2 Å². The molecule has 3 nitrogen and oxygen atoms in total. The lowest BCUT2D eigenvalue weighted by molar-refractivity contribution is -0.137. The lowest BCUT2D eigenvalue weighted by Crippen LogP contribution is -2.08. The summed E-state index contributed by atoms with van der Waals surface area (Å²) in [5.41, 5.74) is 1.11. The van der Waals surface area contributed by atoms with Gasteiger partial charge in [-0.05, 0) is 25.1 Å². The third-order valence-corrected chi connectivity index (χ3v) is 3.40. The van der Waals surface area contributed by atoms with Crippen LogP contribution < -0.4 is 5.32 Å². The zero-order chi connectivity index (χ0) is 14.9. The third-order valence-electron chi connectivity index (χ3n) is 2.91. The molecule has 20 heavy (non-hydrogen) atoms. The maximum Gasteiger partial charge on any atom is 0.416 e. The largest absolute Gasteiger partial charge is 0.416 e. The first kappa shape index (κ1) is 14.7. The molecule has 0 unspecified atom stereocenters. The fraction of sp³-hybridized carbons (Fsp3) is 0.308. The van der Waals surface area contributed by atoms with Gasteiger partial charge in [0, 0.05) is 12.7 Å². The van der Waals surface area contributed by atoms with E-state index in [1.54, 1.807) is 24.7 Å². The predicted molar refractivity (Wildman–Crippen MR) is 71.7 cm³/mol. The average molecular weight is 304 g/mol. The molecule has 0 atom stereocenters. The van der Waals surface area contributed by atoms with E-state index in [0.29, 0.717) is 22.9 Å². The Kier molecular flexibility index (Phi) is 3.94. The molecule has 0 aliphatic heterocycles. The summed E-state index contributed by atoms with van der Waals surface area (Å²) in [5, 5.41) is 7.59. The predicted octanol–water partition coefficient (Wildman–Crippen LogP) is 4.01. The number of hydrogen-bond donors (Lipinski definition) is 1. The van der Waals surface area contributed by atoms with Crippen LogP contribution in [0.4, 0.5) is 18.9 Å². The maximum absolute atomic E-state index is 12.6. The molecule has 0 saturated heterocycles. The first-order chi connectivity index (χ1) is 9.29. The summed E-state index contributed by atoms with van der Waals surface area (Å²) in [4.78, 5) is 0. The maximum atomic E-state index is 12.6. The van der Waals surface area contributed by atoms with Gasteiger partial charge in [0.2, 0.25) is 0 Å². The van der Waals surface area contributed by atoms with Crippen LogP contribution in [0, 0.1) is 6.92 Å². The molecule has 2 aromatic rings. The van der Waals surface area contributed by atoms with E-state index in [2.05, 4.69) is 10.4 Å². The molecule has 108 valence electrons. The molecular weight excluding hydrogens is 291 g/mol. The average Bonchev–Trinajstić information content (AvgIpc) is 2.61. The Morgan fingerprint density at radius 1 is 1.35 bits per heavy atom. The van der Waals surface area contributed by atoms with Crippen molar-refractivity contribution in [2.24, 2.45) is 7.05 Å². The Hall–Kier alpha value is -1.69. The van der Waals surface area contributed by atoms with Crippen LogP contribution in [0.15, 0.2) is 24.3 Å². The van der Waals surface area contributed by atoms with Crippen molar-refractivity contribution in [2.45, 2.75) is 19.6 Å². The van der Waals surface area contributed by atoms with Crippen LogP contribution in [0.5, 0.6) is 0 Å². The Labute approximate surface area is 119 Å². The lowest BCUT2D eigenvalue weighted by Gasteiger charge is -2.11. The van der Waals surface area contributed by atoms with Gasteiger partial charge in [-0.25, -0.2) is 0 Å². The highest BCUT2D eigenvalue weighted by molar-refractivity contribution is 6.31. The lowest BCUT2D eigenvalue weighted by atomic mass is 10.2. The van der Waals surface area contributed by atoms with Crippen LogP contribution in [-0.2, 0) is 19.8 Å². The molecule has 0 spiro atoms. The van der Waals surface area contributed by atoms with Crippen molar-refractivity contribution in [1.82, 2.24) is 9.78 Å². The van der Waals surface area contributed by atoms with Gasteiger partial charge in [0.05, 0.1) is 28.5 Å². The molecule has 1 heterocycles. The molecule has 0 aliphatic carbocycles. The molecule has 7 heteroatoms. The number of hydrogen-bond acceptors (Lipinski definition) is 2. The number of anilines is 1. The number of halogens is 4. The highest BCUT2D eigenvalue weighted by Gasteiger charge is 2.30. The molecule has 2 rings (SSSR count). The molecule has 1 aromatic heterocycles. The monoisotopic (exact) mass is 303 g/mol. The van der Waals surface area contributed by atoms with Crippen molar-refractivity contribution in [3.8, 4) is 0 Å².